The highest BCUT2D eigenvalue weighted by molar-refractivity contribution is 9.10. The fourth-order valence-corrected chi connectivity index (χ4v) is 10.8. The van der Waals surface area contributed by atoms with Gasteiger partial charge in [0.25, 0.3) is 11.6 Å². The van der Waals surface area contributed by atoms with Crippen LogP contribution in [0.1, 0.15) is 147 Å². The number of rotatable bonds is 19. The molecule has 2 heterocycles. The molecule has 2 aliphatic rings. The molecule has 7 rings (SSSR count). The van der Waals surface area contributed by atoms with Crippen LogP contribution in [0.5, 0.6) is 0 Å². The number of carboxylic acid groups (broad SMARTS) is 1. The molecule has 516 valence electrons. The van der Waals surface area contributed by atoms with Crippen molar-refractivity contribution in [1.82, 2.24) is 16.0 Å². The molecule has 2 fully saturated rings. The van der Waals surface area contributed by atoms with E-state index >= 15 is 0 Å². The maximum Gasteiger partial charge on any atom is 0.407 e. The lowest BCUT2D eigenvalue weighted by Crippen LogP contribution is -2.55. The quantitative estimate of drug-likeness (QED) is 0.0292. The number of halogens is 3. The molecule has 0 saturated carbocycles. The minimum atomic E-state index is -1.58. The van der Waals surface area contributed by atoms with Crippen molar-refractivity contribution in [2.45, 2.75) is 196 Å². The van der Waals surface area contributed by atoms with E-state index in [1.54, 1.807) is 62.3 Å². The third-order valence-corrected chi connectivity index (χ3v) is 16.0. The van der Waals surface area contributed by atoms with Crippen LogP contribution in [0.3, 0.4) is 0 Å². The molecule has 4 atom stereocenters. The van der Waals surface area contributed by atoms with Crippen LogP contribution in [0.25, 0.3) is 22.3 Å². The number of aliphatic carboxylic acids is 1. The fraction of sp³-hybridized carbons (Fsp3) is 0.472. The SMILES string of the molecule is CC(C)(C)OC(=O)N[C@H](Cc1ccc(-c2ccccc2Cl)cc1)CC1(C)C(=O)OC(C)(C)OC1=O.CC(C)(C)OC(=O)N[C@H](Cc1ccc(-c2ccccc2Cl)cc1)C[C@@](C)(CO)C(=O)O.CC(C)(C)OC(=O)N[C@H](Cc1ccc(Br)cc1)CC1(C)C(=O)OC(C)(C)OC1=O. The molecule has 95 heavy (non-hydrogen) atoms. The van der Waals surface area contributed by atoms with E-state index in [0.717, 1.165) is 43.4 Å². The van der Waals surface area contributed by atoms with Gasteiger partial charge < -0.3 is 59.3 Å². The molecule has 5 aromatic rings. The first-order valence-electron chi connectivity index (χ1n) is 31.0. The molecule has 5 N–H and O–H groups in total. The first kappa shape index (κ1) is 78.0. The van der Waals surface area contributed by atoms with Crippen LogP contribution in [-0.4, -0.2) is 111 Å². The van der Waals surface area contributed by atoms with Crippen molar-refractivity contribution in [2.75, 3.05) is 6.61 Å². The van der Waals surface area contributed by atoms with Crippen LogP contribution < -0.4 is 16.0 Å². The van der Waals surface area contributed by atoms with E-state index in [9.17, 15) is 48.6 Å². The minimum Gasteiger partial charge on any atom is -0.481 e. The highest BCUT2D eigenvalue weighted by Gasteiger charge is 2.55. The number of nitrogens with one attached hydrogen (secondary N) is 3. The van der Waals surface area contributed by atoms with Gasteiger partial charge in [-0.25, -0.2) is 14.4 Å². The third-order valence-electron chi connectivity index (χ3n) is 14.8. The van der Waals surface area contributed by atoms with Crippen molar-refractivity contribution in [3.05, 3.63) is 153 Å². The summed E-state index contributed by atoms with van der Waals surface area (Å²) in [6, 6.07) is 36.4. The summed E-state index contributed by atoms with van der Waals surface area (Å²) >= 11 is 16.0. The average molecular weight is 1420 g/mol. The van der Waals surface area contributed by atoms with E-state index in [1.807, 2.05) is 121 Å². The molecular formula is C72H90BrCl2N3O17. The van der Waals surface area contributed by atoms with Crippen LogP contribution >= 0.6 is 39.1 Å². The Bertz CT molecular complexity index is 3480. The van der Waals surface area contributed by atoms with Crippen molar-refractivity contribution in [3.63, 3.8) is 0 Å². The number of amides is 3. The second-order valence-corrected chi connectivity index (χ2v) is 30.0. The predicted molar refractivity (Wildman–Crippen MR) is 364 cm³/mol. The number of carboxylic acids is 1. The molecule has 3 amide bonds. The molecule has 5 aromatic carbocycles. The van der Waals surface area contributed by atoms with Gasteiger partial charge in [-0.2, -0.15) is 0 Å². The van der Waals surface area contributed by atoms with Gasteiger partial charge in [-0.15, -0.1) is 0 Å². The van der Waals surface area contributed by atoms with E-state index in [4.69, 9.17) is 56.4 Å². The summed E-state index contributed by atoms with van der Waals surface area (Å²) in [5, 5.41) is 28.8. The van der Waals surface area contributed by atoms with Gasteiger partial charge in [-0.05, 0) is 174 Å². The number of benzene rings is 5. The maximum absolute atomic E-state index is 12.8. The summed E-state index contributed by atoms with van der Waals surface area (Å²) in [4.78, 5) is 99.7. The number of carbonyl (C=O) groups is 8. The van der Waals surface area contributed by atoms with Crippen molar-refractivity contribution >= 4 is 87.3 Å². The molecule has 2 aliphatic heterocycles. The lowest BCUT2D eigenvalue weighted by atomic mass is 9.81. The normalized spacial score (nSPS) is 17.0. The standard InChI is InChI=1S/C27H32ClNO6.C24H30ClNO5.C21H28BrNO6/c1-25(2,3)35-24(32)29-19(16-27(6)22(30)33-26(4,5)34-23(27)31)15-17-11-13-18(14-12-17)20-9-7-8-10-21(20)28;1-23(2,3)31-22(30)26-18(14-24(4,15-27)21(28)29)13-16-9-11-17(12-10-16)19-7-5-6-8-20(19)25;1-19(2,3)29-18(26)23-15(11-13-7-9-14(22)10-8-13)12-21(6)16(24)27-20(4,5)28-17(21)25/h7-14,19H,15-16H2,1-6H3,(H,29,32);5-12,18,27H,13-15H2,1-4H3,(H,26,30)(H,28,29);7-10,15H,11-12H2,1-6H3,(H,23,26)/t19-;18-,24+;15-/m111/s1. The lowest BCUT2D eigenvalue weighted by Gasteiger charge is -2.39. The Hall–Kier alpha value is -7.72. The lowest BCUT2D eigenvalue weighted by molar-refractivity contribution is -0.252. The van der Waals surface area contributed by atoms with Crippen molar-refractivity contribution in [3.8, 4) is 22.3 Å². The molecule has 0 radical (unpaired) electrons. The molecule has 2 saturated heterocycles. The van der Waals surface area contributed by atoms with Gasteiger partial charge >= 0.3 is 48.1 Å². The molecule has 0 spiro atoms. The van der Waals surface area contributed by atoms with E-state index in [0.29, 0.717) is 29.3 Å². The number of ether oxygens (including phenoxy) is 7. The molecule has 0 aromatic heterocycles. The van der Waals surface area contributed by atoms with E-state index in [2.05, 4.69) is 31.9 Å². The Kier molecular flexibility index (Phi) is 26.2. The van der Waals surface area contributed by atoms with Crippen molar-refractivity contribution in [1.29, 1.82) is 0 Å². The number of aliphatic hydroxyl groups is 1. The number of carbonyl (C=O) groups excluding carboxylic acids is 7. The summed E-state index contributed by atoms with van der Waals surface area (Å²) < 4.78 is 38.2. The van der Waals surface area contributed by atoms with Crippen molar-refractivity contribution in [2.24, 2.45) is 16.2 Å². The van der Waals surface area contributed by atoms with Crippen molar-refractivity contribution < 1.29 is 81.7 Å². The molecule has 20 nitrogen and oxygen atoms in total. The zero-order chi connectivity index (χ0) is 71.3. The monoisotopic (exact) mass is 1420 g/mol. The van der Waals surface area contributed by atoms with Gasteiger partial charge in [0.05, 0.1) is 12.0 Å². The third kappa shape index (κ3) is 24.2. The van der Waals surface area contributed by atoms with Gasteiger partial charge in [0.15, 0.2) is 10.8 Å². The first-order valence-corrected chi connectivity index (χ1v) is 32.6. The number of hydrogen-bond donors (Lipinski definition) is 5. The van der Waals surface area contributed by atoms with Gasteiger partial charge in [0, 0.05) is 71.5 Å². The van der Waals surface area contributed by atoms with Gasteiger partial charge in [-0.1, -0.05) is 136 Å². The number of aliphatic hydroxyl groups excluding tert-OH is 1. The zero-order valence-corrected chi connectivity index (χ0v) is 60.0. The van der Waals surface area contributed by atoms with E-state index in [1.165, 1.54) is 48.5 Å². The van der Waals surface area contributed by atoms with Crippen LogP contribution in [0.2, 0.25) is 10.0 Å². The maximum atomic E-state index is 12.8. The summed E-state index contributed by atoms with van der Waals surface area (Å²) in [7, 11) is 0. The Labute approximate surface area is 575 Å². The van der Waals surface area contributed by atoms with Gasteiger partial charge in [0.1, 0.15) is 16.8 Å². The minimum absolute atomic E-state index is 0.00997. The molecule has 0 aliphatic carbocycles. The second-order valence-electron chi connectivity index (χ2n) is 28.3. The smallest absolute Gasteiger partial charge is 0.407 e. The van der Waals surface area contributed by atoms with Gasteiger partial charge in [0.2, 0.25) is 0 Å². The largest absolute Gasteiger partial charge is 0.481 e. The summed E-state index contributed by atoms with van der Waals surface area (Å²) in [5.74, 6) is -6.51. The highest BCUT2D eigenvalue weighted by atomic mass is 79.9. The number of alkyl carbamates (subject to hydrolysis) is 3. The Morgan fingerprint density at radius 3 is 1.04 bits per heavy atom. The fourth-order valence-electron chi connectivity index (χ4n) is 10.1. The van der Waals surface area contributed by atoms with E-state index in [-0.39, 0.29) is 19.3 Å². The summed E-state index contributed by atoms with van der Waals surface area (Å²) in [5.41, 5.74) is -0.120. The Morgan fingerprint density at radius 1 is 0.474 bits per heavy atom. The van der Waals surface area contributed by atoms with Gasteiger partial charge in [-0.3, -0.25) is 24.0 Å². The number of hydrogen-bond acceptors (Lipinski definition) is 16. The molecule has 0 bridgehead atoms. The topological polar surface area (TPSA) is 278 Å². The summed E-state index contributed by atoms with van der Waals surface area (Å²) in [6.45, 7) is 25.7. The number of esters is 4. The summed E-state index contributed by atoms with van der Waals surface area (Å²) in [6.07, 6.45) is -0.737. The molecule has 23 heteroatoms. The molecular weight excluding hydrogens is 1330 g/mol. The first-order chi connectivity index (χ1) is 43.8. The highest BCUT2D eigenvalue weighted by Crippen LogP contribution is 2.39. The van der Waals surface area contributed by atoms with Crippen LogP contribution in [0.15, 0.2) is 126 Å². The van der Waals surface area contributed by atoms with E-state index < -0.39 is 117 Å². The Morgan fingerprint density at radius 2 is 0.758 bits per heavy atom. The average Bonchev–Trinajstić information content (AvgIpc) is 0.793. The second kappa shape index (κ2) is 31.9. The number of cyclic esters (lactones) is 4. The zero-order valence-electron chi connectivity index (χ0n) is 56.9. The molecule has 0 unspecified atom stereocenters. The van der Waals surface area contributed by atoms with Crippen LogP contribution in [0.4, 0.5) is 14.4 Å². The Balaban J connectivity index is 0.000000259. The van der Waals surface area contributed by atoms with Crippen LogP contribution in [0, 0.1) is 16.2 Å². The van der Waals surface area contributed by atoms with Crippen LogP contribution in [-0.2, 0) is 76.4 Å². The predicted octanol–water partition coefficient (Wildman–Crippen LogP) is 14.7.